The molecule has 0 amide bonds. The van der Waals surface area contributed by atoms with Crippen molar-refractivity contribution in [3.63, 3.8) is 0 Å². The van der Waals surface area contributed by atoms with E-state index in [9.17, 15) is 17.6 Å². The van der Waals surface area contributed by atoms with Gasteiger partial charge in [-0.1, -0.05) is 13.8 Å². The van der Waals surface area contributed by atoms with E-state index in [4.69, 9.17) is 5.11 Å². The first-order chi connectivity index (χ1) is 9.15. The van der Waals surface area contributed by atoms with Gasteiger partial charge >= 0.3 is 5.97 Å². The highest BCUT2D eigenvalue weighted by Gasteiger charge is 2.29. The Balaban J connectivity index is 3.20. The number of aromatic carboxylic acids is 1. The monoisotopic (exact) mass is 303 g/mol. The lowest BCUT2D eigenvalue weighted by atomic mass is 9.98. The summed E-state index contributed by atoms with van der Waals surface area (Å²) in [5.74, 6) is -2.39. The first-order valence-electron chi connectivity index (χ1n) is 6.22. The van der Waals surface area contributed by atoms with E-state index >= 15 is 0 Å². The maximum Gasteiger partial charge on any atom is 0.335 e. The minimum absolute atomic E-state index is 0.296. The molecule has 0 spiro atoms. The van der Waals surface area contributed by atoms with Crippen molar-refractivity contribution >= 4 is 16.0 Å². The molecular weight excluding hydrogens is 285 g/mol. The van der Waals surface area contributed by atoms with E-state index < -0.39 is 32.2 Å². The van der Waals surface area contributed by atoms with E-state index in [1.54, 1.807) is 6.92 Å². The molecule has 0 fully saturated rings. The minimum Gasteiger partial charge on any atom is -0.478 e. The van der Waals surface area contributed by atoms with E-state index in [2.05, 4.69) is 4.72 Å². The molecule has 2 N–H and O–H groups in total. The summed E-state index contributed by atoms with van der Waals surface area (Å²) in [5.41, 5.74) is -0.966. The van der Waals surface area contributed by atoms with Gasteiger partial charge in [0.05, 0.1) is 5.56 Å². The van der Waals surface area contributed by atoms with E-state index in [1.165, 1.54) is 0 Å². The van der Waals surface area contributed by atoms with Gasteiger partial charge in [-0.05, 0) is 38.0 Å². The second kappa shape index (κ2) is 5.88. The van der Waals surface area contributed by atoms with Gasteiger partial charge in [-0.2, -0.15) is 0 Å². The van der Waals surface area contributed by atoms with Gasteiger partial charge in [-0.15, -0.1) is 0 Å². The highest BCUT2D eigenvalue weighted by molar-refractivity contribution is 7.89. The normalized spacial score (nSPS) is 12.4. The molecular formula is C13H18FNO4S. The first kappa shape index (κ1) is 16.6. The summed E-state index contributed by atoms with van der Waals surface area (Å²) in [7, 11) is -4.03. The summed E-state index contributed by atoms with van der Waals surface area (Å²) in [6.07, 6.45) is 1.11. The van der Waals surface area contributed by atoms with Gasteiger partial charge in [0, 0.05) is 5.54 Å². The molecule has 1 aromatic rings. The topological polar surface area (TPSA) is 83.5 Å². The van der Waals surface area contributed by atoms with Crippen LogP contribution in [0.4, 0.5) is 4.39 Å². The number of carbonyl (C=O) groups is 1. The summed E-state index contributed by atoms with van der Waals surface area (Å²) < 4.78 is 40.6. The third kappa shape index (κ3) is 3.55. The van der Waals surface area contributed by atoms with Gasteiger partial charge in [-0.3, -0.25) is 0 Å². The van der Waals surface area contributed by atoms with Crippen molar-refractivity contribution < 1.29 is 22.7 Å². The lowest BCUT2D eigenvalue weighted by Crippen LogP contribution is -2.45. The average molecular weight is 303 g/mol. The van der Waals surface area contributed by atoms with Crippen molar-refractivity contribution in [2.24, 2.45) is 0 Å². The number of hydrogen-bond donors (Lipinski definition) is 2. The molecule has 0 aliphatic rings. The fourth-order valence-electron chi connectivity index (χ4n) is 1.63. The van der Waals surface area contributed by atoms with Crippen molar-refractivity contribution in [1.82, 2.24) is 4.72 Å². The summed E-state index contributed by atoms with van der Waals surface area (Å²) in [5, 5.41) is 8.73. The molecule has 0 atom stereocenters. The lowest BCUT2D eigenvalue weighted by Gasteiger charge is -2.27. The van der Waals surface area contributed by atoms with E-state index in [1.807, 2.05) is 13.8 Å². The Hall–Kier alpha value is -1.47. The number of sulfonamides is 1. The molecule has 0 saturated carbocycles. The Morgan fingerprint density at radius 1 is 1.35 bits per heavy atom. The maximum atomic E-state index is 13.8. The lowest BCUT2D eigenvalue weighted by molar-refractivity contribution is 0.0696. The second-order valence-electron chi connectivity index (χ2n) is 4.82. The van der Waals surface area contributed by atoms with Crippen LogP contribution in [0.1, 0.15) is 44.0 Å². The highest BCUT2D eigenvalue weighted by atomic mass is 32.2. The van der Waals surface area contributed by atoms with Crippen LogP contribution in [0.5, 0.6) is 0 Å². The molecule has 0 aromatic heterocycles. The summed E-state index contributed by atoms with van der Waals surface area (Å²) in [4.78, 5) is 10.2. The Bertz CT molecular complexity index is 609. The van der Waals surface area contributed by atoms with E-state index in [0.29, 0.717) is 18.9 Å². The number of carboxylic acids is 1. The van der Waals surface area contributed by atoms with Crippen LogP contribution in [0.15, 0.2) is 23.1 Å². The molecule has 0 heterocycles. The third-order valence-corrected chi connectivity index (χ3v) is 5.08. The molecule has 0 radical (unpaired) electrons. The molecule has 1 aromatic carbocycles. The van der Waals surface area contributed by atoms with Gasteiger partial charge in [0.25, 0.3) is 0 Å². The van der Waals surface area contributed by atoms with Gasteiger partial charge in [0.2, 0.25) is 10.0 Å². The Morgan fingerprint density at radius 3 is 2.30 bits per heavy atom. The maximum absolute atomic E-state index is 13.8. The number of carboxylic acid groups (broad SMARTS) is 1. The van der Waals surface area contributed by atoms with Crippen LogP contribution in [-0.4, -0.2) is 25.0 Å². The predicted molar refractivity (Wildman–Crippen MR) is 72.7 cm³/mol. The van der Waals surface area contributed by atoms with Crippen molar-refractivity contribution in [3.8, 4) is 0 Å². The minimum atomic E-state index is -4.03. The second-order valence-corrected chi connectivity index (χ2v) is 6.47. The van der Waals surface area contributed by atoms with Crippen LogP contribution in [0.2, 0.25) is 0 Å². The van der Waals surface area contributed by atoms with Crippen LogP contribution in [0.3, 0.4) is 0 Å². The SMILES string of the molecule is CCC(C)(CC)NS(=O)(=O)c1ccc(C(=O)O)cc1F. The zero-order valence-corrected chi connectivity index (χ0v) is 12.4. The van der Waals surface area contributed by atoms with Gasteiger partial charge in [0.1, 0.15) is 10.7 Å². The Labute approximate surface area is 117 Å². The smallest absolute Gasteiger partial charge is 0.335 e. The fraction of sp³-hybridized carbons (Fsp3) is 0.462. The number of hydrogen-bond acceptors (Lipinski definition) is 3. The molecule has 1 rings (SSSR count). The fourth-order valence-corrected chi connectivity index (χ4v) is 3.24. The number of rotatable bonds is 6. The molecule has 0 aliphatic heterocycles. The molecule has 0 aliphatic carbocycles. The van der Waals surface area contributed by atoms with Crippen LogP contribution >= 0.6 is 0 Å². The molecule has 0 unspecified atom stereocenters. The summed E-state index contributed by atoms with van der Waals surface area (Å²) in [6.45, 7) is 5.39. The quantitative estimate of drug-likeness (QED) is 0.845. The average Bonchev–Trinajstić information content (AvgIpc) is 2.37. The molecule has 20 heavy (non-hydrogen) atoms. The molecule has 0 saturated heterocycles. The molecule has 7 heteroatoms. The first-order valence-corrected chi connectivity index (χ1v) is 7.70. The Morgan fingerprint density at radius 2 is 1.90 bits per heavy atom. The van der Waals surface area contributed by atoms with Crippen molar-refractivity contribution in [2.45, 2.75) is 44.0 Å². The highest BCUT2D eigenvalue weighted by Crippen LogP contribution is 2.21. The van der Waals surface area contributed by atoms with E-state index in [-0.39, 0.29) is 5.56 Å². The largest absolute Gasteiger partial charge is 0.478 e. The summed E-state index contributed by atoms with van der Waals surface area (Å²) in [6, 6.07) is 2.73. The standard InChI is InChI=1S/C13H18FNO4S/c1-4-13(3,5-2)15-20(18,19)11-7-6-9(12(16)17)8-10(11)14/h6-8,15H,4-5H2,1-3H3,(H,16,17). The van der Waals surface area contributed by atoms with Crippen molar-refractivity contribution in [2.75, 3.05) is 0 Å². The van der Waals surface area contributed by atoms with Gasteiger partial charge in [-0.25, -0.2) is 22.3 Å². The zero-order valence-electron chi connectivity index (χ0n) is 11.6. The van der Waals surface area contributed by atoms with Gasteiger partial charge in [0.15, 0.2) is 0 Å². The zero-order chi connectivity index (χ0) is 15.6. The van der Waals surface area contributed by atoms with Crippen molar-refractivity contribution in [3.05, 3.63) is 29.6 Å². The third-order valence-electron chi connectivity index (χ3n) is 3.41. The predicted octanol–water partition coefficient (Wildman–Crippen LogP) is 2.38. The number of benzene rings is 1. The number of halogens is 1. The van der Waals surface area contributed by atoms with Crippen LogP contribution in [-0.2, 0) is 10.0 Å². The van der Waals surface area contributed by atoms with Crippen LogP contribution < -0.4 is 4.72 Å². The van der Waals surface area contributed by atoms with Crippen molar-refractivity contribution in [1.29, 1.82) is 0 Å². The van der Waals surface area contributed by atoms with Gasteiger partial charge < -0.3 is 5.11 Å². The van der Waals surface area contributed by atoms with Crippen LogP contribution in [0, 0.1) is 5.82 Å². The molecule has 112 valence electrons. The molecule has 5 nitrogen and oxygen atoms in total. The number of nitrogens with one attached hydrogen (secondary N) is 1. The summed E-state index contributed by atoms with van der Waals surface area (Å²) >= 11 is 0. The molecule has 0 bridgehead atoms. The van der Waals surface area contributed by atoms with E-state index in [0.717, 1.165) is 12.1 Å². The van der Waals surface area contributed by atoms with Crippen LogP contribution in [0.25, 0.3) is 0 Å². The Kier molecular flexibility index (Phi) is 4.88.